The maximum Gasteiger partial charge on any atom is 0.401 e. The van der Waals surface area contributed by atoms with E-state index in [-0.39, 0.29) is 36.0 Å². The summed E-state index contributed by atoms with van der Waals surface area (Å²) in [7, 11) is 0. The van der Waals surface area contributed by atoms with Crippen LogP contribution in [0.3, 0.4) is 0 Å². The number of halogens is 7. The van der Waals surface area contributed by atoms with E-state index in [1.807, 2.05) is 0 Å². The number of nitrogens with zero attached hydrogens (tertiary/aromatic N) is 2. The quantitative estimate of drug-likeness (QED) is 0.488. The van der Waals surface area contributed by atoms with E-state index in [1.165, 1.54) is 11.0 Å². The molecule has 0 aromatic heterocycles. The number of ether oxygens (including phenoxy) is 2. The Morgan fingerprint density at radius 1 is 1.27 bits per heavy atom. The van der Waals surface area contributed by atoms with Gasteiger partial charge in [0.15, 0.2) is 5.75 Å². The number of carbonyl (C=O) groups excluding carboxylic acids is 2. The van der Waals surface area contributed by atoms with E-state index in [1.54, 1.807) is 0 Å². The Hall–Kier alpha value is -2.65. The number of anilines is 2. The second kappa shape index (κ2) is 11.5. The predicted molar refractivity (Wildman–Crippen MR) is 101 cm³/mol. The van der Waals surface area contributed by atoms with Crippen molar-refractivity contribution in [3.8, 4) is 5.75 Å². The molecule has 1 atom stereocenters. The zero-order valence-electron chi connectivity index (χ0n) is 17.0. The van der Waals surface area contributed by atoms with Crippen LogP contribution in [0.2, 0.25) is 0 Å². The fourth-order valence-corrected chi connectivity index (χ4v) is 3.11. The summed E-state index contributed by atoms with van der Waals surface area (Å²) in [5.74, 6) is -2.29. The minimum absolute atomic E-state index is 0.119. The van der Waals surface area contributed by atoms with Gasteiger partial charge in [-0.3, -0.25) is 14.5 Å². The van der Waals surface area contributed by atoms with Crippen LogP contribution in [0.4, 0.5) is 42.1 Å². The Kier molecular flexibility index (Phi) is 9.25. The molecular formula is C18H21F7N4O4. The van der Waals surface area contributed by atoms with E-state index in [9.17, 15) is 40.3 Å². The van der Waals surface area contributed by atoms with Crippen molar-refractivity contribution in [2.75, 3.05) is 49.6 Å². The van der Waals surface area contributed by atoms with E-state index in [4.69, 9.17) is 10.5 Å². The summed E-state index contributed by atoms with van der Waals surface area (Å²) in [6, 6.07) is 1.54. The first-order valence-corrected chi connectivity index (χ1v) is 9.48. The molecular weight excluding hydrogens is 469 g/mol. The summed E-state index contributed by atoms with van der Waals surface area (Å²) in [4.78, 5) is 25.9. The van der Waals surface area contributed by atoms with Crippen LogP contribution in [0.25, 0.3) is 0 Å². The Bertz CT molecular complexity index is 825. The van der Waals surface area contributed by atoms with E-state index in [0.29, 0.717) is 0 Å². The van der Waals surface area contributed by atoms with Gasteiger partial charge in [0.2, 0.25) is 5.91 Å². The van der Waals surface area contributed by atoms with Crippen molar-refractivity contribution in [1.29, 1.82) is 0 Å². The van der Waals surface area contributed by atoms with E-state index in [2.05, 4.69) is 10.1 Å². The summed E-state index contributed by atoms with van der Waals surface area (Å²) < 4.78 is 99.1. The smallest absolute Gasteiger partial charge is 0.401 e. The first-order chi connectivity index (χ1) is 15.4. The third-order valence-corrected chi connectivity index (χ3v) is 4.46. The molecule has 0 unspecified atom stereocenters. The average Bonchev–Trinajstić information content (AvgIpc) is 2.68. The lowest BCUT2D eigenvalue weighted by atomic mass is 10.2. The van der Waals surface area contributed by atoms with E-state index in [0.717, 1.165) is 12.1 Å². The van der Waals surface area contributed by atoms with Crippen molar-refractivity contribution in [3.05, 3.63) is 18.2 Å². The highest BCUT2D eigenvalue weighted by atomic mass is 19.4. The molecule has 1 heterocycles. The molecule has 2 amide bonds. The Balaban J connectivity index is 2.29. The highest BCUT2D eigenvalue weighted by Crippen LogP contribution is 2.32. The van der Waals surface area contributed by atoms with Gasteiger partial charge in [-0.1, -0.05) is 0 Å². The molecule has 1 fully saturated rings. The molecule has 15 heteroatoms. The van der Waals surface area contributed by atoms with Crippen molar-refractivity contribution in [2.24, 2.45) is 5.73 Å². The number of rotatable bonds is 10. The summed E-state index contributed by atoms with van der Waals surface area (Å²) in [5, 5.41) is 2.09. The highest BCUT2D eigenvalue weighted by molar-refractivity contribution is 5.98. The summed E-state index contributed by atoms with van der Waals surface area (Å²) in [6.07, 6.45) is -8.10. The van der Waals surface area contributed by atoms with Gasteiger partial charge in [-0.25, -0.2) is 8.78 Å². The number of nitrogens with one attached hydrogen (secondary N) is 1. The molecule has 0 bridgehead atoms. The average molecular weight is 490 g/mol. The largest absolute Gasteiger partial charge is 0.433 e. The first-order valence-electron chi connectivity index (χ1n) is 9.48. The number of amides is 2. The fraction of sp³-hybridized carbons (Fsp3) is 0.556. The number of hydrogen-bond donors (Lipinski definition) is 2. The van der Waals surface area contributed by atoms with Crippen LogP contribution < -0.4 is 20.7 Å². The van der Waals surface area contributed by atoms with Crippen molar-refractivity contribution in [2.45, 2.75) is 25.3 Å². The van der Waals surface area contributed by atoms with Gasteiger partial charge >= 0.3 is 12.8 Å². The molecule has 1 aromatic carbocycles. The third kappa shape index (κ3) is 8.01. The minimum atomic E-state index is -4.90. The van der Waals surface area contributed by atoms with Gasteiger partial charge in [-0.05, 0) is 12.1 Å². The van der Waals surface area contributed by atoms with Crippen LogP contribution in [-0.2, 0) is 14.3 Å². The molecule has 0 radical (unpaired) electrons. The lowest BCUT2D eigenvalue weighted by Crippen LogP contribution is -2.53. The summed E-state index contributed by atoms with van der Waals surface area (Å²) in [5.41, 5.74) is 5.12. The Morgan fingerprint density at radius 3 is 2.52 bits per heavy atom. The predicted octanol–water partition coefficient (Wildman–Crippen LogP) is 2.05. The van der Waals surface area contributed by atoms with Gasteiger partial charge in [-0.2, -0.15) is 22.0 Å². The molecule has 1 aliphatic rings. The van der Waals surface area contributed by atoms with Crippen molar-refractivity contribution < 1.29 is 49.8 Å². The number of morpholine rings is 1. The molecule has 1 aliphatic heterocycles. The fourth-order valence-electron chi connectivity index (χ4n) is 3.11. The maximum absolute atomic E-state index is 12.9. The summed E-state index contributed by atoms with van der Waals surface area (Å²) >= 11 is 0. The first kappa shape index (κ1) is 26.6. The molecule has 8 nitrogen and oxygen atoms in total. The van der Waals surface area contributed by atoms with Crippen LogP contribution in [0.5, 0.6) is 5.75 Å². The molecule has 186 valence electrons. The molecule has 3 N–H and O–H groups in total. The number of alkyl halides is 7. The molecule has 2 rings (SSSR count). The second-order valence-corrected chi connectivity index (χ2v) is 6.83. The molecule has 0 spiro atoms. The molecule has 0 aliphatic carbocycles. The molecule has 1 aromatic rings. The minimum Gasteiger partial charge on any atom is -0.433 e. The van der Waals surface area contributed by atoms with E-state index < -0.39 is 62.5 Å². The van der Waals surface area contributed by atoms with Crippen molar-refractivity contribution in [3.63, 3.8) is 0 Å². The number of benzene rings is 1. The molecule has 0 saturated carbocycles. The van der Waals surface area contributed by atoms with Crippen LogP contribution in [-0.4, -0.2) is 81.4 Å². The van der Waals surface area contributed by atoms with Gasteiger partial charge in [0.1, 0.15) is 12.6 Å². The number of nitrogens with two attached hydrogens (primary N) is 1. The van der Waals surface area contributed by atoms with Crippen molar-refractivity contribution >= 4 is 23.2 Å². The zero-order chi connectivity index (χ0) is 24.8. The third-order valence-electron chi connectivity index (χ3n) is 4.46. The van der Waals surface area contributed by atoms with Gasteiger partial charge in [0.25, 0.3) is 12.3 Å². The van der Waals surface area contributed by atoms with Crippen LogP contribution >= 0.6 is 0 Å². The second-order valence-electron chi connectivity index (χ2n) is 6.83. The van der Waals surface area contributed by atoms with Crippen LogP contribution in [0.15, 0.2) is 18.2 Å². The zero-order valence-corrected chi connectivity index (χ0v) is 17.0. The normalized spacial score (nSPS) is 16.0. The lowest BCUT2D eigenvalue weighted by molar-refractivity contribution is -0.157. The Labute approximate surface area is 183 Å². The number of carbonyl (C=O) groups is 2. The van der Waals surface area contributed by atoms with Gasteiger partial charge in [0, 0.05) is 24.8 Å². The summed E-state index contributed by atoms with van der Waals surface area (Å²) in [6.45, 7) is -7.28. The Morgan fingerprint density at radius 2 is 1.97 bits per heavy atom. The van der Waals surface area contributed by atoms with Gasteiger partial charge < -0.3 is 25.4 Å². The van der Waals surface area contributed by atoms with Gasteiger partial charge in [0.05, 0.1) is 25.4 Å². The number of hydrogen-bond acceptors (Lipinski definition) is 6. The molecule has 33 heavy (non-hydrogen) atoms. The van der Waals surface area contributed by atoms with Gasteiger partial charge in [-0.15, -0.1) is 0 Å². The topological polar surface area (TPSA) is 97.1 Å². The monoisotopic (exact) mass is 490 g/mol. The SMILES string of the molecule is NC[C@H](C(=O)Nc1ccc(N2CCOCC2=O)cc1OC(F)F)N(CC(F)F)CC(F)(F)F. The lowest BCUT2D eigenvalue weighted by Gasteiger charge is -2.30. The van der Waals surface area contributed by atoms with Crippen LogP contribution in [0, 0.1) is 0 Å². The highest BCUT2D eigenvalue weighted by Gasteiger charge is 2.37. The standard InChI is InChI=1S/C18H21F7N4O4/c19-14(20)7-28(9-18(23,24)25)12(6-26)16(31)27-11-2-1-10(5-13(11)33-17(21)22)29-3-4-32-8-15(29)30/h1-2,5,12,14,17H,3-4,6-9,26H2,(H,27,31)/t12-/m1/s1. The van der Waals surface area contributed by atoms with Crippen LogP contribution in [0.1, 0.15) is 0 Å². The van der Waals surface area contributed by atoms with E-state index >= 15 is 0 Å². The molecule has 1 saturated heterocycles. The van der Waals surface area contributed by atoms with Crippen molar-refractivity contribution in [1.82, 2.24) is 4.90 Å². The maximum atomic E-state index is 12.9.